The van der Waals surface area contributed by atoms with E-state index in [2.05, 4.69) is 63.6 Å². The fraction of sp³-hybridized carbons (Fsp3) is 0.531. The average molecular weight is 499 g/mol. The van der Waals surface area contributed by atoms with Gasteiger partial charge in [0, 0.05) is 40.6 Å². The van der Waals surface area contributed by atoms with Crippen LogP contribution in [0.3, 0.4) is 0 Å². The Kier molecular flexibility index (Phi) is 5.80. The Morgan fingerprint density at radius 3 is 2.78 bits per heavy atom. The normalized spacial score (nSPS) is 29.2. The molecule has 5 heteroatoms. The molecule has 37 heavy (non-hydrogen) atoms. The molecule has 2 aliphatic carbocycles. The van der Waals surface area contributed by atoms with Crippen LogP contribution in [0.25, 0.3) is 0 Å². The second kappa shape index (κ2) is 8.81. The number of piperidine rings is 1. The molecule has 2 bridgehead atoms. The number of likely N-dealkylation sites (tertiary alicyclic amines) is 1. The molecule has 1 amide bonds. The van der Waals surface area contributed by atoms with Crippen LogP contribution >= 0.6 is 0 Å². The highest BCUT2D eigenvalue weighted by Gasteiger charge is 2.66. The van der Waals surface area contributed by atoms with Gasteiger partial charge in [-0.05, 0) is 100 Å². The van der Waals surface area contributed by atoms with E-state index in [-0.39, 0.29) is 23.5 Å². The number of nitrogens with zero attached hydrogens (tertiary/aromatic N) is 2. The maximum atomic E-state index is 13.8. The lowest BCUT2D eigenvalue weighted by Crippen LogP contribution is -2.68. The predicted octanol–water partition coefficient (Wildman–Crippen LogP) is 4.58. The standard InChI is InChI=1S/C32H38N2O3/c1-19(2)18-34(29(36)13-8-22-7-6-20(3)21(4)16-22)25-10-9-24-26-17-23-27(35)11-12-28-30(23)32(24,31(25)37-28)14-15-33(26)5/h6-7,11-12,16,19,24-26,31,35H,9-10,14-15,17-18H2,1-5H3/t24-,25+,26+,31-,32-/m0/s1. The van der Waals surface area contributed by atoms with Crippen LogP contribution in [0.2, 0.25) is 0 Å². The number of amides is 1. The minimum absolute atomic E-state index is 0.0373. The molecule has 2 aromatic carbocycles. The molecule has 0 unspecified atom stereocenters. The number of carbonyl (C=O) groups is 1. The number of phenolic OH excluding ortho intramolecular Hbond substituents is 1. The van der Waals surface area contributed by atoms with E-state index in [4.69, 9.17) is 4.74 Å². The van der Waals surface area contributed by atoms with Gasteiger partial charge >= 0.3 is 0 Å². The van der Waals surface area contributed by atoms with E-state index < -0.39 is 0 Å². The number of phenols is 1. The second-order valence-electron chi connectivity index (χ2n) is 12.2. The summed E-state index contributed by atoms with van der Waals surface area (Å²) in [5.41, 5.74) is 5.42. The number of ether oxygens (including phenoxy) is 1. The van der Waals surface area contributed by atoms with Gasteiger partial charge in [-0.1, -0.05) is 25.8 Å². The number of aryl methyl sites for hydroxylation is 2. The van der Waals surface area contributed by atoms with Gasteiger partial charge in [0.25, 0.3) is 5.91 Å². The molecule has 194 valence electrons. The number of rotatable bonds is 3. The number of hydrogen-bond acceptors (Lipinski definition) is 4. The molecule has 2 aliphatic heterocycles. The smallest absolute Gasteiger partial charge is 0.299 e. The summed E-state index contributed by atoms with van der Waals surface area (Å²) in [5, 5.41) is 10.9. The van der Waals surface area contributed by atoms with Crippen LogP contribution < -0.4 is 4.74 Å². The fourth-order valence-electron chi connectivity index (χ4n) is 7.82. The lowest BCUT2D eigenvalue weighted by Gasteiger charge is -2.60. The molecule has 5 atom stereocenters. The third-order valence-corrected chi connectivity index (χ3v) is 9.63. The van der Waals surface area contributed by atoms with E-state index in [9.17, 15) is 9.90 Å². The lowest BCUT2D eigenvalue weighted by atomic mass is 9.51. The molecule has 1 saturated heterocycles. The zero-order chi connectivity index (χ0) is 26.1. The van der Waals surface area contributed by atoms with E-state index in [1.54, 1.807) is 6.07 Å². The topological polar surface area (TPSA) is 53.0 Å². The quantitative estimate of drug-likeness (QED) is 0.630. The number of benzene rings is 2. The van der Waals surface area contributed by atoms with Gasteiger partial charge in [-0.2, -0.15) is 0 Å². The molecule has 2 aromatic rings. The van der Waals surface area contributed by atoms with Crippen LogP contribution in [0.1, 0.15) is 60.9 Å². The molecule has 0 aromatic heterocycles. The highest BCUT2D eigenvalue weighted by molar-refractivity contribution is 5.94. The summed E-state index contributed by atoms with van der Waals surface area (Å²) in [6.07, 6.45) is 3.73. The fourth-order valence-corrected chi connectivity index (χ4v) is 7.82. The van der Waals surface area contributed by atoms with Gasteiger partial charge in [-0.3, -0.25) is 4.79 Å². The van der Waals surface area contributed by atoms with Crippen molar-refractivity contribution in [1.82, 2.24) is 9.80 Å². The molecule has 4 aliphatic rings. The van der Waals surface area contributed by atoms with Crippen LogP contribution in [0.15, 0.2) is 30.3 Å². The van der Waals surface area contributed by atoms with Gasteiger partial charge in [0.05, 0.1) is 6.04 Å². The van der Waals surface area contributed by atoms with E-state index in [1.165, 1.54) is 16.7 Å². The summed E-state index contributed by atoms with van der Waals surface area (Å²) >= 11 is 0. The molecule has 6 rings (SSSR count). The predicted molar refractivity (Wildman–Crippen MR) is 145 cm³/mol. The first kappa shape index (κ1) is 24.4. The van der Waals surface area contributed by atoms with Crippen LogP contribution in [-0.2, 0) is 16.6 Å². The van der Waals surface area contributed by atoms with Gasteiger partial charge in [-0.15, -0.1) is 0 Å². The van der Waals surface area contributed by atoms with Crippen molar-refractivity contribution in [1.29, 1.82) is 0 Å². The monoisotopic (exact) mass is 498 g/mol. The van der Waals surface area contributed by atoms with Gasteiger partial charge < -0.3 is 19.6 Å². The van der Waals surface area contributed by atoms with Crippen LogP contribution in [0.5, 0.6) is 11.5 Å². The second-order valence-corrected chi connectivity index (χ2v) is 12.2. The van der Waals surface area contributed by atoms with Crippen LogP contribution in [0, 0.1) is 37.5 Å². The van der Waals surface area contributed by atoms with Crippen molar-refractivity contribution in [2.75, 3.05) is 20.1 Å². The Hall–Kier alpha value is -2.97. The molecular formula is C32H38N2O3. The summed E-state index contributed by atoms with van der Waals surface area (Å²) in [6.45, 7) is 10.1. The van der Waals surface area contributed by atoms with E-state index in [1.807, 2.05) is 17.0 Å². The highest BCUT2D eigenvalue weighted by atomic mass is 16.5. The van der Waals surface area contributed by atoms with Crippen molar-refractivity contribution in [3.8, 4) is 23.3 Å². The minimum Gasteiger partial charge on any atom is -0.508 e. The first-order chi connectivity index (χ1) is 17.7. The number of likely N-dealkylation sites (N-methyl/N-ethyl adjacent to an activating group) is 1. The maximum absolute atomic E-state index is 13.8. The Morgan fingerprint density at radius 1 is 1.22 bits per heavy atom. The van der Waals surface area contributed by atoms with Crippen molar-refractivity contribution in [3.63, 3.8) is 0 Å². The van der Waals surface area contributed by atoms with Gasteiger partial charge in [0.1, 0.15) is 17.6 Å². The van der Waals surface area contributed by atoms with Crippen molar-refractivity contribution in [2.45, 2.75) is 77.0 Å². The van der Waals surface area contributed by atoms with E-state index >= 15 is 0 Å². The molecule has 2 fully saturated rings. The van der Waals surface area contributed by atoms with Crippen molar-refractivity contribution in [3.05, 3.63) is 58.1 Å². The molecule has 2 heterocycles. The SMILES string of the molecule is Cc1ccc(C#CC(=O)N(CC(C)C)[C@@H]2CC[C@H]3[C@H]4Cc5c(O)ccc6c5[C@@]3(CCN4C)[C@H]2O6)cc1C. The van der Waals surface area contributed by atoms with Gasteiger partial charge in [-0.25, -0.2) is 0 Å². The Balaban J connectivity index is 1.39. The summed E-state index contributed by atoms with van der Waals surface area (Å²) in [4.78, 5) is 18.2. The first-order valence-corrected chi connectivity index (χ1v) is 13.8. The Bertz CT molecular complexity index is 1320. The van der Waals surface area contributed by atoms with Gasteiger partial charge in [0.15, 0.2) is 0 Å². The molecular weight excluding hydrogens is 460 g/mol. The van der Waals surface area contributed by atoms with Crippen molar-refractivity contribution in [2.24, 2.45) is 11.8 Å². The van der Waals surface area contributed by atoms with Gasteiger partial charge in [0.2, 0.25) is 0 Å². The molecule has 5 nitrogen and oxygen atoms in total. The van der Waals surface area contributed by atoms with Crippen molar-refractivity contribution >= 4 is 5.91 Å². The van der Waals surface area contributed by atoms with E-state index in [0.717, 1.165) is 49.1 Å². The number of hydrogen-bond donors (Lipinski definition) is 1. The maximum Gasteiger partial charge on any atom is 0.299 e. The first-order valence-electron chi connectivity index (χ1n) is 13.8. The minimum atomic E-state index is -0.154. The molecule has 1 spiro atoms. The largest absolute Gasteiger partial charge is 0.508 e. The summed E-state index contributed by atoms with van der Waals surface area (Å²) in [5.74, 6) is 8.11. The third kappa shape index (κ3) is 3.67. The molecule has 1 N–H and O–H groups in total. The van der Waals surface area contributed by atoms with Crippen molar-refractivity contribution < 1.29 is 14.6 Å². The summed E-state index contributed by atoms with van der Waals surface area (Å²) in [7, 11) is 2.22. The van der Waals surface area contributed by atoms with Crippen LogP contribution in [-0.4, -0.2) is 59.1 Å². The molecule has 1 saturated carbocycles. The Morgan fingerprint density at radius 2 is 2.03 bits per heavy atom. The zero-order valence-electron chi connectivity index (χ0n) is 22.7. The van der Waals surface area contributed by atoms with Crippen LogP contribution in [0.4, 0.5) is 0 Å². The van der Waals surface area contributed by atoms with E-state index in [0.29, 0.717) is 30.2 Å². The number of carbonyl (C=O) groups excluding carboxylic acids is 1. The lowest BCUT2D eigenvalue weighted by molar-refractivity contribution is -0.137. The highest BCUT2D eigenvalue weighted by Crippen LogP contribution is 2.63. The molecule has 0 radical (unpaired) electrons. The summed E-state index contributed by atoms with van der Waals surface area (Å²) < 4.78 is 6.81. The summed E-state index contributed by atoms with van der Waals surface area (Å²) in [6, 6.07) is 10.2. The Labute approximate surface area is 220 Å². The average Bonchev–Trinajstić information content (AvgIpc) is 3.20. The third-order valence-electron chi connectivity index (χ3n) is 9.63. The zero-order valence-corrected chi connectivity index (χ0v) is 22.7. The number of aromatic hydroxyl groups is 1.